The molecule has 1 N–H and O–H groups in total. The molecular formula is C9H16F3NO2. The molecule has 0 aromatic heterocycles. The first kappa shape index (κ1) is 12.7. The van der Waals surface area contributed by atoms with E-state index in [0.29, 0.717) is 6.54 Å². The number of aliphatic hydroxyl groups is 1. The van der Waals surface area contributed by atoms with Crippen molar-refractivity contribution in [3.63, 3.8) is 0 Å². The van der Waals surface area contributed by atoms with Crippen LogP contribution in [0.5, 0.6) is 0 Å². The number of halogens is 3. The van der Waals surface area contributed by atoms with Crippen LogP contribution in [0.15, 0.2) is 0 Å². The van der Waals surface area contributed by atoms with Gasteiger partial charge in [-0.3, -0.25) is 4.90 Å². The SMILES string of the molecule is OC[C@H]1CCCN1CCOCC(F)(F)F. The Morgan fingerprint density at radius 1 is 1.40 bits per heavy atom. The molecule has 0 spiro atoms. The number of hydrogen-bond donors (Lipinski definition) is 1. The summed E-state index contributed by atoms with van der Waals surface area (Å²) in [6.07, 6.45) is -2.35. The van der Waals surface area contributed by atoms with E-state index in [0.717, 1.165) is 19.4 Å². The minimum absolute atomic E-state index is 0.0655. The van der Waals surface area contributed by atoms with Crippen LogP contribution in [-0.2, 0) is 4.74 Å². The van der Waals surface area contributed by atoms with E-state index in [-0.39, 0.29) is 19.3 Å². The Morgan fingerprint density at radius 3 is 2.73 bits per heavy atom. The van der Waals surface area contributed by atoms with Gasteiger partial charge in [0.1, 0.15) is 6.61 Å². The number of likely N-dealkylation sites (tertiary alicyclic amines) is 1. The highest BCUT2D eigenvalue weighted by atomic mass is 19.4. The van der Waals surface area contributed by atoms with Crippen molar-refractivity contribution in [2.24, 2.45) is 0 Å². The van der Waals surface area contributed by atoms with E-state index in [1.165, 1.54) is 0 Å². The standard InChI is InChI=1S/C9H16F3NO2/c10-9(11,12)7-15-5-4-13-3-1-2-8(13)6-14/h8,14H,1-7H2/t8-/m1/s1. The van der Waals surface area contributed by atoms with Gasteiger partial charge in [-0.15, -0.1) is 0 Å². The predicted molar refractivity (Wildman–Crippen MR) is 48.6 cm³/mol. The molecule has 1 fully saturated rings. The lowest BCUT2D eigenvalue weighted by molar-refractivity contribution is -0.174. The van der Waals surface area contributed by atoms with Gasteiger partial charge in [-0.2, -0.15) is 13.2 Å². The first-order chi connectivity index (χ1) is 7.03. The van der Waals surface area contributed by atoms with E-state index >= 15 is 0 Å². The van der Waals surface area contributed by atoms with Crippen molar-refractivity contribution in [2.75, 3.05) is 32.9 Å². The first-order valence-corrected chi connectivity index (χ1v) is 5.02. The van der Waals surface area contributed by atoms with Gasteiger partial charge in [-0.05, 0) is 19.4 Å². The van der Waals surface area contributed by atoms with Crippen LogP contribution in [0.2, 0.25) is 0 Å². The number of ether oxygens (including phenoxy) is 1. The Morgan fingerprint density at radius 2 is 2.13 bits per heavy atom. The second-order valence-corrected chi connectivity index (χ2v) is 3.68. The summed E-state index contributed by atoms with van der Waals surface area (Å²) in [6, 6.07) is 0.0967. The molecule has 0 radical (unpaired) electrons. The third kappa shape index (κ3) is 4.81. The molecule has 15 heavy (non-hydrogen) atoms. The molecule has 1 heterocycles. The summed E-state index contributed by atoms with van der Waals surface area (Å²) in [5.41, 5.74) is 0. The summed E-state index contributed by atoms with van der Waals surface area (Å²) in [7, 11) is 0. The van der Waals surface area contributed by atoms with Crippen LogP contribution in [0.1, 0.15) is 12.8 Å². The zero-order valence-electron chi connectivity index (χ0n) is 8.46. The molecule has 1 aliphatic heterocycles. The van der Waals surface area contributed by atoms with Gasteiger partial charge in [-0.25, -0.2) is 0 Å². The van der Waals surface area contributed by atoms with Crippen molar-refractivity contribution in [2.45, 2.75) is 25.1 Å². The largest absolute Gasteiger partial charge is 0.411 e. The molecule has 0 aromatic carbocycles. The zero-order valence-corrected chi connectivity index (χ0v) is 8.46. The molecule has 0 bridgehead atoms. The van der Waals surface area contributed by atoms with Crippen LogP contribution in [0.4, 0.5) is 13.2 Å². The van der Waals surface area contributed by atoms with Gasteiger partial charge in [0.25, 0.3) is 0 Å². The fourth-order valence-electron chi connectivity index (χ4n) is 1.77. The minimum Gasteiger partial charge on any atom is -0.395 e. The second-order valence-electron chi connectivity index (χ2n) is 3.68. The molecule has 1 rings (SSSR count). The molecule has 90 valence electrons. The van der Waals surface area contributed by atoms with Gasteiger partial charge < -0.3 is 9.84 Å². The van der Waals surface area contributed by atoms with Gasteiger partial charge in [0.15, 0.2) is 0 Å². The van der Waals surface area contributed by atoms with Crippen LogP contribution in [0, 0.1) is 0 Å². The average molecular weight is 227 g/mol. The smallest absolute Gasteiger partial charge is 0.395 e. The van der Waals surface area contributed by atoms with E-state index in [1.807, 2.05) is 4.90 Å². The first-order valence-electron chi connectivity index (χ1n) is 5.02. The Bertz CT molecular complexity index is 187. The van der Waals surface area contributed by atoms with Crippen LogP contribution in [0.25, 0.3) is 0 Å². The summed E-state index contributed by atoms with van der Waals surface area (Å²) >= 11 is 0. The summed E-state index contributed by atoms with van der Waals surface area (Å²) in [5.74, 6) is 0. The molecule has 0 amide bonds. The van der Waals surface area contributed by atoms with E-state index < -0.39 is 12.8 Å². The normalized spacial score (nSPS) is 23.6. The van der Waals surface area contributed by atoms with Crippen molar-refractivity contribution < 1.29 is 23.0 Å². The van der Waals surface area contributed by atoms with Gasteiger partial charge in [0, 0.05) is 12.6 Å². The third-order valence-electron chi connectivity index (χ3n) is 2.50. The van der Waals surface area contributed by atoms with Crippen molar-refractivity contribution >= 4 is 0 Å². The van der Waals surface area contributed by atoms with E-state index in [9.17, 15) is 13.2 Å². The molecule has 3 nitrogen and oxygen atoms in total. The van der Waals surface area contributed by atoms with Crippen LogP contribution >= 0.6 is 0 Å². The highest BCUT2D eigenvalue weighted by Gasteiger charge is 2.28. The number of nitrogens with zero attached hydrogens (tertiary/aromatic N) is 1. The maximum atomic E-state index is 11.7. The van der Waals surface area contributed by atoms with Crippen molar-refractivity contribution in [1.82, 2.24) is 4.90 Å². The van der Waals surface area contributed by atoms with Gasteiger partial charge in [0.05, 0.1) is 13.2 Å². The molecular weight excluding hydrogens is 211 g/mol. The lowest BCUT2D eigenvalue weighted by Gasteiger charge is -2.22. The maximum Gasteiger partial charge on any atom is 0.411 e. The Kier molecular flexibility index (Phi) is 4.82. The summed E-state index contributed by atoms with van der Waals surface area (Å²) in [4.78, 5) is 1.97. The minimum atomic E-state index is -4.25. The molecule has 1 atom stereocenters. The second kappa shape index (κ2) is 5.67. The fraction of sp³-hybridized carbons (Fsp3) is 1.00. The Hall–Kier alpha value is -0.330. The van der Waals surface area contributed by atoms with Crippen LogP contribution < -0.4 is 0 Å². The number of rotatable bonds is 5. The third-order valence-corrected chi connectivity index (χ3v) is 2.50. The van der Waals surface area contributed by atoms with Gasteiger partial charge in [0.2, 0.25) is 0 Å². The number of aliphatic hydroxyl groups excluding tert-OH is 1. The molecule has 6 heteroatoms. The quantitative estimate of drug-likeness (QED) is 0.712. The Labute approximate surface area is 86.8 Å². The maximum absolute atomic E-state index is 11.7. The zero-order chi connectivity index (χ0) is 11.3. The molecule has 1 saturated heterocycles. The van der Waals surface area contributed by atoms with Crippen LogP contribution in [-0.4, -0.2) is 55.1 Å². The highest BCUT2D eigenvalue weighted by Crippen LogP contribution is 2.17. The van der Waals surface area contributed by atoms with E-state index in [2.05, 4.69) is 4.74 Å². The van der Waals surface area contributed by atoms with Gasteiger partial charge >= 0.3 is 6.18 Å². The molecule has 0 saturated carbocycles. The molecule has 0 aromatic rings. The number of hydrogen-bond acceptors (Lipinski definition) is 3. The van der Waals surface area contributed by atoms with Crippen LogP contribution in [0.3, 0.4) is 0 Å². The topological polar surface area (TPSA) is 32.7 Å². The van der Waals surface area contributed by atoms with E-state index in [1.54, 1.807) is 0 Å². The van der Waals surface area contributed by atoms with Gasteiger partial charge in [-0.1, -0.05) is 0 Å². The van der Waals surface area contributed by atoms with Crippen molar-refractivity contribution in [3.05, 3.63) is 0 Å². The van der Waals surface area contributed by atoms with Crippen molar-refractivity contribution in [3.8, 4) is 0 Å². The lowest BCUT2D eigenvalue weighted by atomic mass is 10.2. The molecule has 0 aliphatic carbocycles. The molecule has 0 unspecified atom stereocenters. The van der Waals surface area contributed by atoms with Crippen molar-refractivity contribution in [1.29, 1.82) is 0 Å². The van der Waals surface area contributed by atoms with E-state index in [4.69, 9.17) is 5.11 Å². The monoisotopic (exact) mass is 227 g/mol. The summed E-state index contributed by atoms with van der Waals surface area (Å²) in [6.45, 7) is 0.238. The Balaban J connectivity index is 2.09. The highest BCUT2D eigenvalue weighted by molar-refractivity contribution is 4.77. The average Bonchev–Trinajstić information content (AvgIpc) is 2.58. The summed E-state index contributed by atoms with van der Waals surface area (Å²) in [5, 5.41) is 8.96. The summed E-state index contributed by atoms with van der Waals surface area (Å²) < 4.78 is 39.7. The lowest BCUT2D eigenvalue weighted by Crippen LogP contribution is -2.35. The number of alkyl halides is 3. The fourth-order valence-corrected chi connectivity index (χ4v) is 1.77. The predicted octanol–water partition coefficient (Wildman–Crippen LogP) is 1.02. The molecule has 1 aliphatic rings.